The zero-order valence-electron chi connectivity index (χ0n) is 19.4. The molecule has 36 heavy (non-hydrogen) atoms. The van der Waals surface area contributed by atoms with Crippen molar-refractivity contribution in [3.63, 3.8) is 0 Å². The van der Waals surface area contributed by atoms with Crippen molar-refractivity contribution in [1.82, 2.24) is 10.3 Å². The van der Waals surface area contributed by atoms with Gasteiger partial charge < -0.3 is 25.2 Å². The summed E-state index contributed by atoms with van der Waals surface area (Å²) in [6.45, 7) is -0.0358. The number of carbonyl (C=O) groups excluding carboxylic acids is 2. The predicted molar refractivity (Wildman–Crippen MR) is 129 cm³/mol. The van der Waals surface area contributed by atoms with Crippen molar-refractivity contribution < 1.29 is 28.6 Å². The van der Waals surface area contributed by atoms with E-state index in [1.165, 1.54) is 18.3 Å². The van der Waals surface area contributed by atoms with Crippen molar-refractivity contribution >= 4 is 17.5 Å². The minimum Gasteiger partial charge on any atom is -0.487 e. The van der Waals surface area contributed by atoms with Gasteiger partial charge in [0.15, 0.2) is 0 Å². The summed E-state index contributed by atoms with van der Waals surface area (Å²) >= 11 is 0. The number of hydrogen-bond acceptors (Lipinski definition) is 6. The molecule has 0 unspecified atom stereocenters. The van der Waals surface area contributed by atoms with E-state index in [4.69, 9.17) is 9.47 Å². The quantitative estimate of drug-likeness (QED) is 0.468. The van der Waals surface area contributed by atoms with Crippen molar-refractivity contribution in [2.24, 2.45) is 0 Å². The number of amides is 2. The van der Waals surface area contributed by atoms with Gasteiger partial charge in [0, 0.05) is 36.1 Å². The van der Waals surface area contributed by atoms with Crippen LogP contribution >= 0.6 is 0 Å². The van der Waals surface area contributed by atoms with Gasteiger partial charge in [0.1, 0.15) is 23.8 Å². The molecule has 2 aliphatic rings. The molecule has 5 rings (SSSR count). The molecule has 3 aromatic rings. The first kappa shape index (κ1) is 23.9. The first-order chi connectivity index (χ1) is 17.5. The maximum Gasteiger partial charge on any atom is 0.257 e. The van der Waals surface area contributed by atoms with E-state index in [9.17, 15) is 19.1 Å². The van der Waals surface area contributed by atoms with Crippen LogP contribution in [-0.2, 0) is 16.1 Å². The van der Waals surface area contributed by atoms with Gasteiger partial charge >= 0.3 is 0 Å². The van der Waals surface area contributed by atoms with Crippen LogP contribution in [-0.4, -0.2) is 46.8 Å². The van der Waals surface area contributed by atoms with E-state index in [0.717, 1.165) is 5.56 Å². The van der Waals surface area contributed by atoms with E-state index < -0.39 is 12.2 Å². The third kappa shape index (κ3) is 5.22. The fourth-order valence-corrected chi connectivity index (χ4v) is 4.79. The number of rotatable bonds is 7. The highest BCUT2D eigenvalue weighted by Gasteiger charge is 2.46. The minimum absolute atomic E-state index is 0.0990. The van der Waals surface area contributed by atoms with Crippen LogP contribution in [0.15, 0.2) is 67.0 Å². The molecule has 2 aliphatic heterocycles. The standard InChI is InChI=1S/C27H26FN3O5/c28-18-5-1-3-16(9-18)13-30-25(33)12-20-11-22-21-10-19(31-27(34)17-4-2-8-29-14-17)6-7-23(21)36-26(22)24(15-32)35-20/h1-10,14,20,22,24,26,32H,11-13,15H2,(H,30,33)(H,31,34)/t20-,22+,24+,26-/m0/s1. The normalized spacial score (nSPS) is 22.2. The second kappa shape index (κ2) is 10.4. The summed E-state index contributed by atoms with van der Waals surface area (Å²) in [7, 11) is 0. The van der Waals surface area contributed by atoms with Crippen LogP contribution in [0.5, 0.6) is 5.75 Å². The van der Waals surface area contributed by atoms with Gasteiger partial charge in [0.2, 0.25) is 5.91 Å². The Morgan fingerprint density at radius 3 is 2.81 bits per heavy atom. The zero-order valence-corrected chi connectivity index (χ0v) is 19.4. The maximum atomic E-state index is 13.4. The highest BCUT2D eigenvalue weighted by Crippen LogP contribution is 2.47. The zero-order chi connectivity index (χ0) is 25.1. The van der Waals surface area contributed by atoms with Crippen molar-refractivity contribution in [2.45, 2.75) is 43.6 Å². The lowest BCUT2D eigenvalue weighted by Gasteiger charge is -2.37. The fourth-order valence-electron chi connectivity index (χ4n) is 4.79. The van der Waals surface area contributed by atoms with Crippen LogP contribution in [0.3, 0.4) is 0 Å². The van der Waals surface area contributed by atoms with Crippen LogP contribution in [0.2, 0.25) is 0 Å². The highest BCUT2D eigenvalue weighted by molar-refractivity contribution is 6.04. The third-order valence-corrected chi connectivity index (χ3v) is 6.47. The summed E-state index contributed by atoms with van der Waals surface area (Å²) in [5, 5.41) is 15.6. The van der Waals surface area contributed by atoms with Gasteiger partial charge in [-0.05, 0) is 54.4 Å². The maximum absolute atomic E-state index is 13.4. The van der Waals surface area contributed by atoms with Crippen LogP contribution < -0.4 is 15.4 Å². The number of halogens is 1. The van der Waals surface area contributed by atoms with Gasteiger partial charge in [-0.15, -0.1) is 0 Å². The molecule has 8 nitrogen and oxygen atoms in total. The van der Waals surface area contributed by atoms with Crippen molar-refractivity contribution in [1.29, 1.82) is 0 Å². The van der Waals surface area contributed by atoms with Crippen LogP contribution in [0, 0.1) is 5.82 Å². The van der Waals surface area contributed by atoms with E-state index in [0.29, 0.717) is 29.0 Å². The summed E-state index contributed by atoms with van der Waals surface area (Å²) in [6.07, 6.45) is 2.30. The number of benzene rings is 2. The number of nitrogens with zero attached hydrogens (tertiary/aromatic N) is 1. The average Bonchev–Trinajstić information content (AvgIpc) is 3.25. The van der Waals surface area contributed by atoms with Gasteiger partial charge in [0.05, 0.1) is 24.7 Å². The molecule has 2 aromatic carbocycles. The molecular formula is C27H26FN3O5. The first-order valence-corrected chi connectivity index (χ1v) is 11.8. The monoisotopic (exact) mass is 491 g/mol. The molecule has 1 saturated heterocycles. The number of aromatic nitrogens is 1. The van der Waals surface area contributed by atoms with E-state index in [1.54, 1.807) is 42.6 Å². The Morgan fingerprint density at radius 2 is 2.03 bits per heavy atom. The number of aliphatic hydroxyl groups excluding tert-OH is 1. The van der Waals surface area contributed by atoms with E-state index in [-0.39, 0.29) is 49.2 Å². The lowest BCUT2D eigenvalue weighted by atomic mass is 9.84. The number of ether oxygens (including phenoxy) is 2. The van der Waals surface area contributed by atoms with E-state index in [2.05, 4.69) is 15.6 Å². The summed E-state index contributed by atoms with van der Waals surface area (Å²) in [5.41, 5.74) is 2.63. The Hall–Kier alpha value is -3.82. The highest BCUT2D eigenvalue weighted by atomic mass is 19.1. The third-order valence-electron chi connectivity index (χ3n) is 6.47. The Morgan fingerprint density at radius 1 is 1.14 bits per heavy atom. The molecular weight excluding hydrogens is 465 g/mol. The van der Waals surface area contributed by atoms with Crippen molar-refractivity contribution in [3.05, 3.63) is 89.5 Å². The topological polar surface area (TPSA) is 110 Å². The molecule has 1 fully saturated rings. The lowest BCUT2D eigenvalue weighted by Crippen LogP contribution is -2.47. The van der Waals surface area contributed by atoms with Crippen molar-refractivity contribution in [3.8, 4) is 5.75 Å². The molecule has 9 heteroatoms. The minimum atomic E-state index is -0.592. The molecule has 0 spiro atoms. The lowest BCUT2D eigenvalue weighted by molar-refractivity contribution is -0.142. The molecule has 186 valence electrons. The smallest absolute Gasteiger partial charge is 0.257 e. The second-order valence-electron chi connectivity index (χ2n) is 8.96. The number of hydrogen-bond donors (Lipinski definition) is 3. The Bertz CT molecular complexity index is 1260. The molecule has 2 amide bonds. The second-order valence-corrected chi connectivity index (χ2v) is 8.96. The summed E-state index contributed by atoms with van der Waals surface area (Å²) in [5.74, 6) is -0.294. The van der Waals surface area contributed by atoms with Gasteiger partial charge in [-0.25, -0.2) is 4.39 Å². The molecule has 0 bridgehead atoms. The van der Waals surface area contributed by atoms with Gasteiger partial charge in [0.25, 0.3) is 5.91 Å². The SMILES string of the molecule is O=C(C[C@@H]1C[C@@H]2c3cc(NC(=O)c4cccnc4)ccc3O[C@@H]2[C@@H](CO)O1)NCc1cccc(F)c1. The summed E-state index contributed by atoms with van der Waals surface area (Å²) < 4.78 is 25.5. The summed E-state index contributed by atoms with van der Waals surface area (Å²) in [6, 6.07) is 14.9. The molecule has 3 heterocycles. The van der Waals surface area contributed by atoms with Crippen LogP contribution in [0.4, 0.5) is 10.1 Å². The van der Waals surface area contributed by atoms with Gasteiger partial charge in [-0.1, -0.05) is 12.1 Å². The number of aliphatic hydroxyl groups is 1. The van der Waals surface area contributed by atoms with Crippen molar-refractivity contribution in [2.75, 3.05) is 11.9 Å². The molecule has 0 radical (unpaired) electrons. The number of nitrogens with one attached hydrogen (secondary N) is 2. The Labute approximate surface area is 207 Å². The number of pyridine rings is 1. The molecule has 3 N–H and O–H groups in total. The average molecular weight is 492 g/mol. The van der Waals surface area contributed by atoms with Gasteiger partial charge in [-0.3, -0.25) is 14.6 Å². The first-order valence-electron chi connectivity index (χ1n) is 11.8. The predicted octanol–water partition coefficient (Wildman–Crippen LogP) is 3.17. The Balaban J connectivity index is 1.26. The van der Waals surface area contributed by atoms with E-state index >= 15 is 0 Å². The van der Waals surface area contributed by atoms with Gasteiger partial charge in [-0.2, -0.15) is 0 Å². The number of anilines is 1. The van der Waals surface area contributed by atoms with Crippen LogP contribution in [0.1, 0.15) is 40.2 Å². The molecule has 0 aliphatic carbocycles. The Kier molecular flexibility index (Phi) is 6.92. The molecule has 4 atom stereocenters. The number of fused-ring (bicyclic) bond motifs is 3. The van der Waals surface area contributed by atoms with Crippen LogP contribution in [0.25, 0.3) is 0 Å². The summed E-state index contributed by atoms with van der Waals surface area (Å²) in [4.78, 5) is 29.1. The van der Waals surface area contributed by atoms with E-state index in [1.807, 2.05) is 6.07 Å². The fraction of sp³-hybridized carbons (Fsp3) is 0.296. The number of carbonyl (C=O) groups is 2. The molecule has 0 saturated carbocycles. The molecule has 1 aromatic heterocycles. The largest absolute Gasteiger partial charge is 0.487 e.